The minimum Gasteiger partial charge on any atom is -0.497 e. The summed E-state index contributed by atoms with van der Waals surface area (Å²) in [5.41, 5.74) is 1.52. The molecule has 2 amide bonds. The number of hydrogen-bond donors (Lipinski definition) is 2. The smallest absolute Gasteiger partial charge is 0.287 e. The van der Waals surface area contributed by atoms with Gasteiger partial charge in [-0.15, -0.1) is 0 Å². The Kier molecular flexibility index (Phi) is 5.89. The summed E-state index contributed by atoms with van der Waals surface area (Å²) in [6.07, 6.45) is 1.76. The maximum absolute atomic E-state index is 12.8. The van der Waals surface area contributed by atoms with Gasteiger partial charge in [0.05, 0.1) is 13.4 Å². The molecule has 0 fully saturated rings. The summed E-state index contributed by atoms with van der Waals surface area (Å²) < 4.78 is 10.3. The minimum absolute atomic E-state index is 0.155. The predicted octanol–water partition coefficient (Wildman–Crippen LogP) is 3.27. The summed E-state index contributed by atoms with van der Waals surface area (Å²) in [5.74, 6) is 0.0167. The molecule has 1 atom stereocenters. The molecule has 0 bridgehead atoms. The average molecular weight is 364 g/mol. The first-order valence-electron chi connectivity index (χ1n) is 8.49. The molecular weight excluding hydrogens is 344 g/mol. The van der Waals surface area contributed by atoms with E-state index in [2.05, 4.69) is 10.6 Å². The van der Waals surface area contributed by atoms with Crippen molar-refractivity contribution in [2.45, 2.75) is 12.5 Å². The number of furan rings is 1. The van der Waals surface area contributed by atoms with Crippen molar-refractivity contribution in [2.24, 2.45) is 0 Å². The van der Waals surface area contributed by atoms with Crippen LogP contribution < -0.4 is 15.4 Å². The number of carbonyl (C=O) groups excluding carboxylic acids is 2. The molecule has 0 saturated carbocycles. The fraction of sp³-hybridized carbons (Fsp3) is 0.143. The molecule has 0 radical (unpaired) electrons. The molecule has 6 heteroatoms. The van der Waals surface area contributed by atoms with Crippen LogP contribution in [0.15, 0.2) is 77.4 Å². The third kappa shape index (κ3) is 4.98. The van der Waals surface area contributed by atoms with Crippen LogP contribution in [-0.4, -0.2) is 25.0 Å². The zero-order valence-corrected chi connectivity index (χ0v) is 14.8. The summed E-state index contributed by atoms with van der Waals surface area (Å²) in [5, 5.41) is 5.56. The third-order valence-corrected chi connectivity index (χ3v) is 3.99. The summed E-state index contributed by atoms with van der Waals surface area (Å²) in [4.78, 5) is 25.2. The molecule has 1 unspecified atom stereocenters. The van der Waals surface area contributed by atoms with Crippen LogP contribution in [0.2, 0.25) is 0 Å². The van der Waals surface area contributed by atoms with E-state index >= 15 is 0 Å². The fourth-order valence-electron chi connectivity index (χ4n) is 2.63. The highest BCUT2D eigenvalue weighted by Crippen LogP contribution is 2.17. The SMILES string of the molecule is COc1cccc(NC(=O)C(Cc2ccccc2)NC(=O)c2ccco2)c1. The first kappa shape index (κ1) is 18.3. The van der Waals surface area contributed by atoms with Crippen LogP contribution in [0.4, 0.5) is 5.69 Å². The van der Waals surface area contributed by atoms with E-state index in [9.17, 15) is 9.59 Å². The number of ether oxygens (including phenoxy) is 1. The van der Waals surface area contributed by atoms with Gasteiger partial charge in [0.25, 0.3) is 5.91 Å². The highest BCUT2D eigenvalue weighted by molar-refractivity contribution is 6.00. The Morgan fingerprint density at radius 3 is 2.56 bits per heavy atom. The summed E-state index contributed by atoms with van der Waals surface area (Å²) >= 11 is 0. The molecule has 3 aromatic rings. The first-order chi connectivity index (χ1) is 13.2. The lowest BCUT2D eigenvalue weighted by molar-refractivity contribution is -0.118. The van der Waals surface area contributed by atoms with E-state index in [4.69, 9.17) is 9.15 Å². The number of hydrogen-bond acceptors (Lipinski definition) is 4. The van der Waals surface area contributed by atoms with E-state index in [1.54, 1.807) is 43.5 Å². The van der Waals surface area contributed by atoms with Crippen LogP contribution in [0, 0.1) is 0 Å². The van der Waals surface area contributed by atoms with Crippen molar-refractivity contribution in [1.82, 2.24) is 5.32 Å². The second kappa shape index (κ2) is 8.71. The van der Waals surface area contributed by atoms with Gasteiger partial charge in [0, 0.05) is 18.2 Å². The van der Waals surface area contributed by atoms with E-state index < -0.39 is 11.9 Å². The van der Waals surface area contributed by atoms with Gasteiger partial charge in [0.1, 0.15) is 11.8 Å². The Morgan fingerprint density at radius 2 is 1.85 bits per heavy atom. The Bertz CT molecular complexity index is 892. The second-order valence-corrected chi connectivity index (χ2v) is 5.91. The molecule has 3 rings (SSSR count). The largest absolute Gasteiger partial charge is 0.497 e. The monoisotopic (exact) mass is 364 g/mol. The van der Waals surface area contributed by atoms with Gasteiger partial charge in [-0.25, -0.2) is 0 Å². The highest BCUT2D eigenvalue weighted by Gasteiger charge is 2.23. The number of rotatable bonds is 7. The molecule has 0 aliphatic rings. The molecule has 6 nitrogen and oxygen atoms in total. The van der Waals surface area contributed by atoms with Crippen LogP contribution in [0.1, 0.15) is 16.1 Å². The van der Waals surface area contributed by atoms with E-state index in [-0.39, 0.29) is 11.7 Å². The van der Waals surface area contributed by atoms with E-state index in [0.717, 1.165) is 5.56 Å². The topological polar surface area (TPSA) is 80.6 Å². The van der Waals surface area contributed by atoms with Crippen molar-refractivity contribution in [3.8, 4) is 5.75 Å². The molecule has 1 heterocycles. The van der Waals surface area contributed by atoms with Crippen molar-refractivity contribution in [3.05, 3.63) is 84.3 Å². The molecule has 1 aromatic heterocycles. The zero-order chi connectivity index (χ0) is 19.1. The number of nitrogens with one attached hydrogen (secondary N) is 2. The Labute approximate surface area is 157 Å². The molecule has 0 saturated heterocycles. The summed E-state index contributed by atoms with van der Waals surface area (Å²) in [7, 11) is 1.56. The van der Waals surface area contributed by atoms with E-state index in [1.807, 2.05) is 30.3 Å². The molecule has 2 N–H and O–H groups in total. The lowest BCUT2D eigenvalue weighted by atomic mass is 10.0. The van der Waals surface area contributed by atoms with Crippen LogP contribution in [-0.2, 0) is 11.2 Å². The van der Waals surface area contributed by atoms with Crippen molar-refractivity contribution < 1.29 is 18.7 Å². The van der Waals surface area contributed by atoms with Gasteiger partial charge in [-0.3, -0.25) is 9.59 Å². The number of anilines is 1. The van der Waals surface area contributed by atoms with Crippen LogP contribution in [0.3, 0.4) is 0 Å². The Morgan fingerprint density at radius 1 is 1.04 bits per heavy atom. The lowest BCUT2D eigenvalue weighted by Gasteiger charge is -2.18. The molecular formula is C21H20N2O4. The molecule has 2 aromatic carbocycles. The van der Waals surface area contributed by atoms with Gasteiger partial charge in [-0.2, -0.15) is 0 Å². The summed E-state index contributed by atoms with van der Waals surface area (Å²) in [6.45, 7) is 0. The van der Waals surface area contributed by atoms with Crippen molar-refractivity contribution in [3.63, 3.8) is 0 Å². The standard InChI is InChI=1S/C21H20N2O4/c1-26-17-10-5-9-16(14-17)22-20(24)18(13-15-7-3-2-4-8-15)23-21(25)19-11-6-12-27-19/h2-12,14,18H,13H2,1H3,(H,22,24)(H,23,25). The van der Waals surface area contributed by atoms with Crippen LogP contribution >= 0.6 is 0 Å². The zero-order valence-electron chi connectivity index (χ0n) is 14.8. The molecule has 0 aliphatic heterocycles. The number of methoxy groups -OCH3 is 1. The van der Waals surface area contributed by atoms with Crippen molar-refractivity contribution >= 4 is 17.5 Å². The van der Waals surface area contributed by atoms with Crippen LogP contribution in [0.5, 0.6) is 5.75 Å². The number of carbonyl (C=O) groups is 2. The maximum Gasteiger partial charge on any atom is 0.287 e. The van der Waals surface area contributed by atoms with E-state index in [0.29, 0.717) is 17.9 Å². The normalized spacial score (nSPS) is 11.4. The van der Waals surface area contributed by atoms with Crippen molar-refractivity contribution in [2.75, 3.05) is 12.4 Å². The Hall–Kier alpha value is -3.54. The van der Waals surface area contributed by atoms with Crippen molar-refractivity contribution in [1.29, 1.82) is 0 Å². The van der Waals surface area contributed by atoms with Gasteiger partial charge >= 0.3 is 0 Å². The fourth-order valence-corrected chi connectivity index (χ4v) is 2.63. The lowest BCUT2D eigenvalue weighted by Crippen LogP contribution is -2.45. The Balaban J connectivity index is 1.77. The quantitative estimate of drug-likeness (QED) is 0.674. The summed E-state index contributed by atoms with van der Waals surface area (Å²) in [6, 6.07) is 18.9. The average Bonchev–Trinajstić information content (AvgIpc) is 3.23. The molecule has 0 aliphatic carbocycles. The first-order valence-corrected chi connectivity index (χ1v) is 8.49. The van der Waals surface area contributed by atoms with Gasteiger partial charge in [0.2, 0.25) is 5.91 Å². The third-order valence-electron chi connectivity index (χ3n) is 3.99. The second-order valence-electron chi connectivity index (χ2n) is 5.91. The van der Waals surface area contributed by atoms with Gasteiger partial charge in [-0.1, -0.05) is 36.4 Å². The predicted molar refractivity (Wildman–Crippen MR) is 102 cm³/mol. The highest BCUT2D eigenvalue weighted by atomic mass is 16.5. The number of amides is 2. The number of benzene rings is 2. The van der Waals surface area contributed by atoms with E-state index in [1.165, 1.54) is 6.26 Å². The molecule has 27 heavy (non-hydrogen) atoms. The maximum atomic E-state index is 12.8. The molecule has 0 spiro atoms. The molecule has 138 valence electrons. The van der Waals surface area contributed by atoms with Gasteiger partial charge < -0.3 is 19.8 Å². The minimum atomic E-state index is -0.767. The van der Waals surface area contributed by atoms with Gasteiger partial charge in [0.15, 0.2) is 5.76 Å². The van der Waals surface area contributed by atoms with Crippen LogP contribution in [0.25, 0.3) is 0 Å². The van der Waals surface area contributed by atoms with Gasteiger partial charge in [-0.05, 0) is 29.8 Å².